The van der Waals surface area contributed by atoms with E-state index in [0.29, 0.717) is 5.56 Å². The second-order valence-electron chi connectivity index (χ2n) is 9.13. The van der Waals surface area contributed by atoms with Gasteiger partial charge in [0.15, 0.2) is 12.2 Å². The number of likely N-dealkylation sites (N-methyl/N-ethyl adjacent to an activating group) is 1. The number of carbonyl (C=O) groups excluding carboxylic acids is 4. The number of Topliss-reactive ketones (excluding diaryl/α,β-unsaturated/α-hetero) is 2. The zero-order valence-electron chi connectivity index (χ0n) is 19.5. The molecule has 0 unspecified atom stereocenters. The molecule has 0 radical (unpaired) electrons. The number of primary amides is 1. The van der Waals surface area contributed by atoms with E-state index in [0.717, 1.165) is 0 Å². The largest absolute Gasteiger partial charge is 0.507 e. The number of terminal acetylenes is 1. The smallest absolute Gasteiger partial charge is 0.358 e. The second-order valence-corrected chi connectivity index (χ2v) is 9.13. The van der Waals surface area contributed by atoms with Crippen LogP contribution < -0.4 is 5.73 Å². The van der Waals surface area contributed by atoms with Gasteiger partial charge in [0.25, 0.3) is 5.91 Å². The summed E-state index contributed by atoms with van der Waals surface area (Å²) in [6, 6.07) is 3.60. The summed E-state index contributed by atoms with van der Waals surface area (Å²) in [7, 11) is 3.15. The monoisotopic (exact) mass is 496 g/mol. The third-order valence-corrected chi connectivity index (χ3v) is 6.95. The summed E-state index contributed by atoms with van der Waals surface area (Å²) in [6.45, 7) is -0.755. The standard InChI is InChI=1S/C25H24N2O9/c1-4-35-15(29)10-36-21-18(24(26)33)23(32)25(34)13(19(21)27(2)3)9-12-8-11-6-5-7-14(28)16(11)20(30)17(12)22(25)31/h1,5-7,12-13,19,28,30,34H,8-10H2,2-3H3,(H2,26,33)/t12-,13-,19-,25-/m0/s1. The van der Waals surface area contributed by atoms with E-state index in [1.807, 2.05) is 0 Å². The number of rotatable bonds is 5. The molecule has 0 saturated heterocycles. The van der Waals surface area contributed by atoms with Gasteiger partial charge in [0.1, 0.15) is 28.9 Å². The molecule has 0 aromatic heterocycles. The van der Waals surface area contributed by atoms with Crippen LogP contribution in [0.4, 0.5) is 0 Å². The van der Waals surface area contributed by atoms with E-state index >= 15 is 0 Å². The minimum absolute atomic E-state index is 0.0268. The highest BCUT2D eigenvalue weighted by molar-refractivity contribution is 6.33. The van der Waals surface area contributed by atoms with Crippen molar-refractivity contribution in [3.8, 4) is 18.3 Å². The van der Waals surface area contributed by atoms with Crippen LogP contribution in [0.5, 0.6) is 5.75 Å². The van der Waals surface area contributed by atoms with Gasteiger partial charge in [-0.2, -0.15) is 0 Å². The lowest BCUT2D eigenvalue weighted by molar-refractivity contribution is -0.163. The predicted octanol–water partition coefficient (Wildman–Crippen LogP) is -0.443. The van der Waals surface area contributed by atoms with Crippen molar-refractivity contribution in [3.05, 3.63) is 46.2 Å². The van der Waals surface area contributed by atoms with Gasteiger partial charge in [-0.3, -0.25) is 19.3 Å². The van der Waals surface area contributed by atoms with Crippen molar-refractivity contribution in [1.29, 1.82) is 0 Å². The number of benzene rings is 1. The van der Waals surface area contributed by atoms with Gasteiger partial charge in [0, 0.05) is 11.5 Å². The molecule has 4 atom stereocenters. The lowest BCUT2D eigenvalue weighted by Gasteiger charge is -2.50. The van der Waals surface area contributed by atoms with Gasteiger partial charge in [-0.15, -0.1) is 0 Å². The van der Waals surface area contributed by atoms with Crippen molar-refractivity contribution in [2.45, 2.75) is 24.5 Å². The Hall–Kier alpha value is -4.14. The Morgan fingerprint density at radius 1 is 1.25 bits per heavy atom. The molecule has 188 valence electrons. The maximum absolute atomic E-state index is 13.8. The maximum Gasteiger partial charge on any atom is 0.358 e. The van der Waals surface area contributed by atoms with Crippen LogP contribution in [0.1, 0.15) is 17.5 Å². The third kappa shape index (κ3) is 3.54. The number of hydrogen-bond donors (Lipinski definition) is 4. The van der Waals surface area contributed by atoms with E-state index in [-0.39, 0.29) is 35.5 Å². The zero-order valence-corrected chi connectivity index (χ0v) is 19.5. The van der Waals surface area contributed by atoms with E-state index in [2.05, 4.69) is 4.74 Å². The molecule has 0 heterocycles. The van der Waals surface area contributed by atoms with Crippen LogP contribution >= 0.6 is 0 Å². The molecule has 1 amide bonds. The first kappa shape index (κ1) is 25.0. The Labute approximate surface area is 205 Å². The number of ketones is 2. The molecule has 0 aliphatic heterocycles. The average molecular weight is 496 g/mol. The van der Waals surface area contributed by atoms with Crippen molar-refractivity contribution in [2.75, 3.05) is 20.7 Å². The quantitative estimate of drug-likeness (QED) is 0.181. The molecule has 0 spiro atoms. The van der Waals surface area contributed by atoms with Crippen LogP contribution in [-0.2, 0) is 35.1 Å². The molecule has 0 bridgehead atoms. The predicted molar refractivity (Wildman–Crippen MR) is 122 cm³/mol. The molecular formula is C25H24N2O9. The van der Waals surface area contributed by atoms with Crippen molar-refractivity contribution < 1.29 is 44.0 Å². The second kappa shape index (κ2) is 8.82. The Morgan fingerprint density at radius 2 is 1.94 bits per heavy atom. The molecule has 4 rings (SSSR count). The maximum atomic E-state index is 13.8. The summed E-state index contributed by atoms with van der Waals surface area (Å²) >= 11 is 0. The third-order valence-electron chi connectivity index (χ3n) is 6.95. The van der Waals surface area contributed by atoms with E-state index in [1.165, 1.54) is 11.0 Å². The molecule has 5 N–H and O–H groups in total. The highest BCUT2D eigenvalue weighted by Gasteiger charge is 2.65. The van der Waals surface area contributed by atoms with E-state index in [4.69, 9.17) is 16.9 Å². The Morgan fingerprint density at radius 3 is 2.56 bits per heavy atom. The Balaban J connectivity index is 1.89. The fraction of sp³-hybridized carbons (Fsp3) is 0.360. The number of aliphatic hydroxyl groups is 2. The summed E-state index contributed by atoms with van der Waals surface area (Å²) in [5.74, 6) is -7.47. The Kier molecular flexibility index (Phi) is 6.12. The number of aliphatic hydroxyl groups excluding tert-OH is 1. The minimum atomic E-state index is -2.76. The molecule has 11 nitrogen and oxygen atoms in total. The molecule has 1 fully saturated rings. The first-order chi connectivity index (χ1) is 16.9. The summed E-state index contributed by atoms with van der Waals surface area (Å²) in [5, 5.41) is 32.9. The highest BCUT2D eigenvalue weighted by atomic mass is 16.6. The van der Waals surface area contributed by atoms with Crippen LogP contribution in [0.3, 0.4) is 0 Å². The average Bonchev–Trinajstić information content (AvgIpc) is 2.79. The number of nitrogens with two attached hydrogens (primary N) is 1. The number of fused-ring (bicyclic) bond motifs is 3. The molecule has 1 saturated carbocycles. The van der Waals surface area contributed by atoms with Crippen LogP contribution in [0.15, 0.2) is 35.1 Å². The lowest BCUT2D eigenvalue weighted by Crippen LogP contribution is -2.67. The normalized spacial score (nSPS) is 27.1. The van der Waals surface area contributed by atoms with Crippen molar-refractivity contribution >= 4 is 29.2 Å². The molecule has 1 aromatic carbocycles. The molecule has 3 aliphatic rings. The van der Waals surface area contributed by atoms with Crippen LogP contribution in [0, 0.1) is 24.4 Å². The van der Waals surface area contributed by atoms with Gasteiger partial charge in [0.05, 0.1) is 11.6 Å². The van der Waals surface area contributed by atoms with E-state index in [1.54, 1.807) is 32.3 Å². The van der Waals surface area contributed by atoms with Gasteiger partial charge in [-0.05, 0) is 44.5 Å². The number of carbonyl (C=O) groups is 4. The molecule has 3 aliphatic carbocycles. The summed E-state index contributed by atoms with van der Waals surface area (Å²) < 4.78 is 9.89. The van der Waals surface area contributed by atoms with Gasteiger partial charge in [-0.1, -0.05) is 18.6 Å². The number of phenols is 1. The number of ether oxygens (including phenoxy) is 2. The molecule has 36 heavy (non-hydrogen) atoms. The summed E-state index contributed by atoms with van der Waals surface area (Å²) in [6.07, 6.45) is 6.90. The first-order valence-corrected chi connectivity index (χ1v) is 11.0. The van der Waals surface area contributed by atoms with Gasteiger partial charge in [-0.25, -0.2) is 4.79 Å². The highest BCUT2D eigenvalue weighted by Crippen LogP contribution is 2.52. The van der Waals surface area contributed by atoms with Gasteiger partial charge < -0.3 is 30.5 Å². The number of hydrogen-bond acceptors (Lipinski definition) is 10. The topological polar surface area (TPSA) is 177 Å². The zero-order chi connectivity index (χ0) is 26.5. The van der Waals surface area contributed by atoms with E-state index < -0.39 is 64.9 Å². The summed E-state index contributed by atoms with van der Waals surface area (Å²) in [4.78, 5) is 53.0. The van der Waals surface area contributed by atoms with Crippen molar-refractivity contribution in [3.63, 3.8) is 0 Å². The first-order valence-electron chi connectivity index (χ1n) is 11.0. The van der Waals surface area contributed by atoms with Crippen molar-refractivity contribution in [1.82, 2.24) is 4.90 Å². The van der Waals surface area contributed by atoms with E-state index in [9.17, 15) is 34.5 Å². The lowest BCUT2D eigenvalue weighted by atomic mass is 9.57. The minimum Gasteiger partial charge on any atom is -0.507 e. The molecular weight excluding hydrogens is 472 g/mol. The van der Waals surface area contributed by atoms with Gasteiger partial charge >= 0.3 is 5.97 Å². The van der Waals surface area contributed by atoms with Crippen LogP contribution in [0.2, 0.25) is 0 Å². The summed E-state index contributed by atoms with van der Waals surface area (Å²) in [5.41, 5.74) is 2.35. The number of esters is 1. The fourth-order valence-electron chi connectivity index (χ4n) is 5.55. The van der Waals surface area contributed by atoms with Crippen molar-refractivity contribution in [2.24, 2.45) is 17.6 Å². The van der Waals surface area contributed by atoms with Crippen LogP contribution in [0.25, 0.3) is 5.76 Å². The number of nitrogens with zero attached hydrogens (tertiary/aromatic N) is 1. The SMILES string of the molecule is C#COC(=O)COC1=C(C(N)=O)C(=O)[C@@]2(O)C(=O)C3=C(O)c4c(O)cccc4C[C@H]3C[C@H]2[C@@H]1N(C)C. The molecule has 11 heteroatoms. The number of phenolic OH excluding ortho intramolecular Hbond substituents is 1. The fourth-order valence-corrected chi connectivity index (χ4v) is 5.55. The van der Waals surface area contributed by atoms with Crippen LogP contribution in [-0.4, -0.2) is 76.0 Å². The Bertz CT molecular complexity index is 1300. The number of amides is 1. The number of aromatic hydroxyl groups is 1. The molecule has 1 aromatic rings. The van der Waals surface area contributed by atoms with Gasteiger partial charge in [0.2, 0.25) is 11.6 Å².